The molecule has 9 heterocycles. The van der Waals surface area contributed by atoms with E-state index in [0.717, 1.165) is 45.4 Å². The number of pyridine rings is 5. The fraction of sp³-hybridized carbons (Fsp3) is 0.153. The van der Waals surface area contributed by atoms with Gasteiger partial charge in [0.2, 0.25) is 23.5 Å². The van der Waals surface area contributed by atoms with Crippen LogP contribution in [-0.4, -0.2) is 169 Å². The molecule has 1 saturated carbocycles. The molecule has 1 radical (unpaired) electrons. The summed E-state index contributed by atoms with van der Waals surface area (Å²) in [7, 11) is 3.93. The van der Waals surface area contributed by atoms with E-state index in [4.69, 9.17) is 75.2 Å². The van der Waals surface area contributed by atoms with Crippen molar-refractivity contribution in [2.45, 2.75) is 73.0 Å². The zero-order valence-electron chi connectivity index (χ0n) is 76.3. The number of nitrogen functional groups attached to an aromatic ring is 2. The third kappa shape index (κ3) is 36.2. The number of aliphatic carboxylic acids is 3. The zero-order valence-corrected chi connectivity index (χ0v) is 82.0. The summed E-state index contributed by atoms with van der Waals surface area (Å²) < 4.78 is 36.5. The number of anilines is 4. The molecule has 7 aromatic carbocycles. The van der Waals surface area contributed by atoms with Crippen molar-refractivity contribution in [3.8, 4) is 75.0 Å². The van der Waals surface area contributed by atoms with E-state index in [1.165, 1.54) is 67.1 Å². The second kappa shape index (κ2) is 56.2. The Kier molecular flexibility index (Phi) is 44.7. The molecule has 719 valence electrons. The van der Waals surface area contributed by atoms with Gasteiger partial charge in [-0.1, -0.05) is 129 Å². The van der Waals surface area contributed by atoms with Crippen LogP contribution in [0, 0.1) is 0 Å². The molecule has 11 N–H and O–H groups in total. The van der Waals surface area contributed by atoms with Gasteiger partial charge >= 0.3 is 30.6 Å². The van der Waals surface area contributed by atoms with Crippen LogP contribution in [-0.2, 0) is 36.2 Å². The van der Waals surface area contributed by atoms with Gasteiger partial charge in [-0.05, 0) is 216 Å². The Morgan fingerprint density at radius 2 is 0.870 bits per heavy atom. The average Bonchev–Trinajstić information content (AvgIpc) is 1.59. The van der Waals surface area contributed by atoms with Crippen molar-refractivity contribution in [1.29, 1.82) is 0 Å². The summed E-state index contributed by atoms with van der Waals surface area (Å²) in [6.07, 6.45) is 15.4. The molecule has 40 heteroatoms. The topological polar surface area (TPSA) is 476 Å². The van der Waals surface area contributed by atoms with E-state index < -0.39 is 42.4 Å². The Morgan fingerprint density at radius 3 is 1.20 bits per heavy atom. The number of fused-ring (bicyclic) bond motifs is 2. The maximum atomic E-state index is 13.9. The second-order valence-electron chi connectivity index (χ2n) is 29.2. The van der Waals surface area contributed by atoms with Crippen molar-refractivity contribution >= 4 is 130 Å². The number of aromatic nitrogens is 13. The molecule has 1 fully saturated rings. The van der Waals surface area contributed by atoms with Gasteiger partial charge in [-0.2, -0.15) is 0 Å². The number of nitrogens with zero attached hydrogens (tertiary/aromatic N) is 15. The summed E-state index contributed by atoms with van der Waals surface area (Å²) in [5.74, 6) is 2.68. The Labute approximate surface area is 830 Å². The van der Waals surface area contributed by atoms with Gasteiger partial charge < -0.3 is 70.9 Å². The number of nitrogens with two attached hydrogens (primary N) is 2. The van der Waals surface area contributed by atoms with Gasteiger partial charge in [-0.3, -0.25) is 28.5 Å². The third-order valence-corrected chi connectivity index (χ3v) is 19.1. The van der Waals surface area contributed by atoms with Crippen LogP contribution in [0.1, 0.15) is 61.3 Å². The number of carbonyl (C=O) groups excluding carboxylic acids is 1. The smallest absolute Gasteiger partial charge is 0.490 e. The predicted molar refractivity (Wildman–Crippen MR) is 538 cm³/mol. The zero-order chi connectivity index (χ0) is 99.5. The quantitative estimate of drug-likeness (QED) is 0.0206. The van der Waals surface area contributed by atoms with Crippen molar-refractivity contribution in [2.24, 2.45) is 0 Å². The molecule has 0 atom stereocenters. The summed E-state index contributed by atoms with van der Waals surface area (Å²) in [5, 5.41) is 52.6. The first-order chi connectivity index (χ1) is 65.7. The van der Waals surface area contributed by atoms with Gasteiger partial charge in [0.25, 0.3) is 11.9 Å². The van der Waals surface area contributed by atoms with Crippen LogP contribution in [0.25, 0.3) is 45.1 Å². The number of likely N-dealkylation sites (N-methyl/N-ethyl adjacent to an activating group) is 1. The number of hydrogen-bond donors (Lipinski definition) is 9. The molecule has 1 aliphatic rings. The molecular formula is C98H100BBr3CuN18O17. The number of amides is 1. The van der Waals surface area contributed by atoms with Gasteiger partial charge in [0.1, 0.15) is 62.6 Å². The van der Waals surface area contributed by atoms with E-state index >= 15 is 0 Å². The van der Waals surface area contributed by atoms with Crippen molar-refractivity contribution < 1.29 is 90.4 Å². The largest absolute Gasteiger partial charge is 0.508 e. The van der Waals surface area contributed by atoms with Crippen molar-refractivity contribution in [3.63, 3.8) is 0 Å². The molecule has 1 aliphatic carbocycles. The summed E-state index contributed by atoms with van der Waals surface area (Å²) in [6, 6.07) is 78.7. The number of ether oxygens (including phenoxy) is 5. The number of phenols is 1. The van der Waals surface area contributed by atoms with Crippen LogP contribution in [0.15, 0.2) is 340 Å². The minimum atomic E-state index is -1.50. The molecule has 35 nitrogen and oxygen atoms in total. The van der Waals surface area contributed by atoms with E-state index in [9.17, 15) is 19.2 Å². The Morgan fingerprint density at radius 1 is 0.486 bits per heavy atom. The number of para-hydroxylation sites is 5. The van der Waals surface area contributed by atoms with Crippen molar-refractivity contribution in [1.82, 2.24) is 68.0 Å². The first-order valence-electron chi connectivity index (χ1n) is 41.8. The number of phenolic OH excluding ortho intramolecular Hbond substituents is 1. The van der Waals surface area contributed by atoms with E-state index in [-0.39, 0.29) is 34.4 Å². The molecule has 9 aromatic heterocycles. The van der Waals surface area contributed by atoms with Crippen LogP contribution in [0.4, 0.5) is 27.8 Å². The number of nitrogens with one attached hydrogen (secondary N) is 1. The number of carboxylic acids is 3. The first-order valence-corrected chi connectivity index (χ1v) is 44.2. The van der Waals surface area contributed by atoms with Crippen LogP contribution < -0.4 is 57.5 Å². The van der Waals surface area contributed by atoms with E-state index in [0.29, 0.717) is 109 Å². The van der Waals surface area contributed by atoms with Crippen LogP contribution in [0.5, 0.6) is 52.3 Å². The van der Waals surface area contributed by atoms with Crippen LogP contribution >= 0.6 is 47.8 Å². The molecule has 16 aromatic rings. The van der Waals surface area contributed by atoms with E-state index in [1.54, 1.807) is 137 Å². The summed E-state index contributed by atoms with van der Waals surface area (Å²) in [4.78, 5) is 109. The molecular weight excluding hydrogens is 2020 g/mol. The Bertz CT molecular complexity index is 6590. The fourth-order valence-corrected chi connectivity index (χ4v) is 12.2. The number of benzene rings is 7. The van der Waals surface area contributed by atoms with Gasteiger partial charge in [0.05, 0.1) is 35.1 Å². The second-order valence-corrected chi connectivity index (χ2v) is 31.8. The maximum Gasteiger partial charge on any atom is 0.490 e. The number of rotatable bonds is 19. The van der Waals surface area contributed by atoms with Crippen molar-refractivity contribution in [3.05, 3.63) is 351 Å². The maximum absolute atomic E-state index is 13.9. The molecule has 0 aliphatic heterocycles. The van der Waals surface area contributed by atoms with E-state index in [2.05, 4.69) is 103 Å². The van der Waals surface area contributed by atoms with Gasteiger partial charge in [0.15, 0.2) is 22.9 Å². The summed E-state index contributed by atoms with van der Waals surface area (Å²) >= 11 is 9.79. The average molecular weight is 2120 g/mol. The SMILES string of the molecule is Brc1ccc(Br)nc1.Brc1ccc(Oc2ccccc2)nc1.CC.CC(=O)O.CC(=O)O.CN(C(=O)OC(C)(C)C)c1cccc(-n2c(=O)n(-c3ccc(Oc4ccccc4)nc3)c3c(N)ncnc32)c1.CN(C/C=C/C(=O)O)C1CC1.CNc1cccc(-n2c(=O)n(-c3ccc(Oc4ccccc4)nc3)c3c(N)ncnc32)c1.OB(O)c1ccc(Oc2ccccc2)nc1.Oc1ccccc1.[Cu]. The third-order valence-electron chi connectivity index (χ3n) is 17.7. The molecule has 138 heavy (non-hydrogen) atoms. The standard InChI is InChI=1S/C28H27N7O4.C23H19N7O2.C11H10BNO3.C11H8BrNO.C8H13NO2.C6H6O.C5H3Br2N.2C2H4O2.C2H6.Cu/c1-28(2,3)39-27(37)33(4)18-9-8-10-19(15-18)35-25-23(24(29)31-17-32-25)34(26(35)36)20-13-14-22(30-16-20)38-21-11-6-5-7-12-21;1-25-15-6-5-7-16(12-15)30-22-20(21(24)27-14-28-22)29(23(30)31)17-10-11-19(26-13-17)32-18-8-3-2-4-9-18;14-12(15)9-6-7-11(13-8-9)16-10-4-2-1-3-5-10;12-9-6-7-11(13-8-9)14-10-4-2-1-3-5-10;1-9(7-4-5-7)6-2-3-8(10)11;7-6-4-2-1-3-5-6;6-4-1-2-5(7)8-3-4;2*1-2(3)4;1-2;/h5-17H,1-4H3,(H2,29,31,32);2-14,25H,1H3,(H2,24,27,28);1-8,14-15H;1-8H;2-3,7H,4-6H2,1H3,(H,10,11);1-5,7H;1-3H;2*1H3,(H,3,4);1-2H3;/b;;;;3-2+;;;;;;. The van der Waals surface area contributed by atoms with Crippen LogP contribution in [0.3, 0.4) is 0 Å². The van der Waals surface area contributed by atoms with Gasteiger partial charge in [-0.15, -0.1) is 0 Å². The Balaban J connectivity index is 0.000000232. The number of hydrogen-bond acceptors (Lipinski definition) is 27. The number of halogens is 3. The van der Waals surface area contributed by atoms with Crippen molar-refractivity contribution in [2.75, 3.05) is 49.4 Å². The predicted octanol–water partition coefficient (Wildman–Crippen LogP) is 18.2. The molecule has 0 bridgehead atoms. The minimum absolute atomic E-state index is 0. The summed E-state index contributed by atoms with van der Waals surface area (Å²) in [6.45, 7) is 12.3. The van der Waals surface area contributed by atoms with Crippen LogP contribution in [0.2, 0.25) is 0 Å². The Hall–Kier alpha value is -15.3. The van der Waals surface area contributed by atoms with Gasteiger partial charge in [-0.25, -0.2) is 73.2 Å². The molecule has 0 saturated heterocycles. The fourth-order valence-electron chi connectivity index (χ4n) is 11.5. The normalized spacial score (nSPS) is 10.7. The first kappa shape index (κ1) is 110. The minimum Gasteiger partial charge on any atom is -0.508 e. The van der Waals surface area contributed by atoms with E-state index in [1.807, 2.05) is 204 Å². The number of imidazole rings is 2. The van der Waals surface area contributed by atoms with Gasteiger partial charge in [0, 0.05) is 132 Å². The number of carboxylic acid groups (broad SMARTS) is 3. The molecule has 0 unspecified atom stereocenters. The number of aromatic hydroxyl groups is 1. The number of carbonyl (C=O) groups is 4. The molecule has 0 spiro atoms. The molecule has 17 rings (SSSR count). The monoisotopic (exact) mass is 2110 g/mol. The molecule has 1 amide bonds. The summed E-state index contributed by atoms with van der Waals surface area (Å²) in [5.41, 5.74) is 16.2.